The first-order valence-corrected chi connectivity index (χ1v) is 3.17. The molecule has 0 heterocycles. The van der Waals surface area contributed by atoms with Gasteiger partial charge in [-0.15, -0.1) is 0 Å². The van der Waals surface area contributed by atoms with Crippen LogP contribution in [-0.2, 0) is 4.79 Å². The van der Waals surface area contributed by atoms with Crippen LogP contribution in [0.15, 0.2) is 0 Å². The summed E-state index contributed by atoms with van der Waals surface area (Å²) in [6.07, 6.45) is -1.29. The fraction of sp³-hybridized carbons (Fsp3) is 0.833. The van der Waals surface area contributed by atoms with Crippen LogP contribution >= 0.6 is 0 Å². The summed E-state index contributed by atoms with van der Waals surface area (Å²) in [6.45, 7) is 3.03. The van der Waals surface area contributed by atoms with E-state index in [0.29, 0.717) is 0 Å². The highest BCUT2D eigenvalue weighted by molar-refractivity contribution is 5.80. The number of aliphatic hydroxyl groups is 2. The average Bonchev–Trinajstić information content (AvgIpc) is 1.85. The minimum atomic E-state index is -1.29. The maximum Gasteiger partial charge on any atom is 0.251 e. The highest BCUT2D eigenvalue weighted by atomic mass is 16.3. The van der Waals surface area contributed by atoms with Gasteiger partial charge in [-0.3, -0.25) is 4.79 Å². The van der Waals surface area contributed by atoms with Crippen molar-refractivity contribution in [3.05, 3.63) is 0 Å². The van der Waals surface area contributed by atoms with Crippen LogP contribution in [0.25, 0.3) is 0 Å². The van der Waals surface area contributed by atoms with Gasteiger partial charge in [0.25, 0.3) is 5.91 Å². The van der Waals surface area contributed by atoms with Crippen molar-refractivity contribution in [3.63, 3.8) is 0 Å². The third kappa shape index (κ3) is 3.42. The molecule has 3 N–H and O–H groups in total. The van der Waals surface area contributed by atoms with Gasteiger partial charge in [-0.05, 0) is 13.8 Å². The predicted molar refractivity (Wildman–Crippen MR) is 36.4 cm³/mol. The van der Waals surface area contributed by atoms with Crippen molar-refractivity contribution in [1.29, 1.82) is 0 Å². The lowest BCUT2D eigenvalue weighted by atomic mass is 10.3. The number of rotatable bonds is 3. The van der Waals surface area contributed by atoms with Crippen molar-refractivity contribution in [2.24, 2.45) is 0 Å². The number of aliphatic hydroxyl groups excluding tert-OH is 2. The summed E-state index contributed by atoms with van der Waals surface area (Å²) < 4.78 is 0. The zero-order valence-corrected chi connectivity index (χ0v) is 6.16. The summed E-state index contributed by atoms with van der Waals surface area (Å²) in [4.78, 5) is 10.7. The molecule has 0 spiro atoms. The van der Waals surface area contributed by atoms with E-state index in [9.17, 15) is 4.79 Å². The Hall–Kier alpha value is -0.610. The van der Waals surface area contributed by atoms with E-state index in [1.807, 2.05) is 0 Å². The van der Waals surface area contributed by atoms with Gasteiger partial charge in [0, 0.05) is 6.04 Å². The molecular weight excluding hydrogens is 134 g/mol. The second kappa shape index (κ2) is 4.24. The topological polar surface area (TPSA) is 69.6 Å². The Morgan fingerprint density at radius 2 is 2.10 bits per heavy atom. The molecule has 1 atom stereocenters. The summed E-state index contributed by atoms with van der Waals surface area (Å²) >= 11 is 0. The van der Waals surface area contributed by atoms with E-state index in [1.54, 1.807) is 13.8 Å². The fourth-order valence-corrected chi connectivity index (χ4v) is 0.464. The SMILES string of the molecule is CC(C)NC(=O)C(O)CO. The van der Waals surface area contributed by atoms with Crippen LogP contribution in [0.5, 0.6) is 0 Å². The molecule has 0 saturated heterocycles. The van der Waals surface area contributed by atoms with Crippen LogP contribution in [0.3, 0.4) is 0 Å². The molecule has 0 fully saturated rings. The first-order chi connectivity index (χ1) is 4.57. The maximum atomic E-state index is 10.7. The fourth-order valence-electron chi connectivity index (χ4n) is 0.464. The van der Waals surface area contributed by atoms with Gasteiger partial charge < -0.3 is 15.5 Å². The third-order valence-electron chi connectivity index (χ3n) is 0.907. The Labute approximate surface area is 59.9 Å². The van der Waals surface area contributed by atoms with Gasteiger partial charge in [-0.1, -0.05) is 0 Å². The Morgan fingerprint density at radius 3 is 2.40 bits per heavy atom. The van der Waals surface area contributed by atoms with Crippen LogP contribution in [0, 0.1) is 0 Å². The van der Waals surface area contributed by atoms with Crippen molar-refractivity contribution in [3.8, 4) is 0 Å². The molecule has 0 aromatic carbocycles. The molecule has 0 bridgehead atoms. The first kappa shape index (κ1) is 9.39. The van der Waals surface area contributed by atoms with Crippen molar-refractivity contribution in [1.82, 2.24) is 5.32 Å². The molecule has 4 nitrogen and oxygen atoms in total. The quantitative estimate of drug-likeness (QED) is 0.473. The molecule has 0 aliphatic heterocycles. The minimum Gasteiger partial charge on any atom is -0.393 e. The molecule has 0 rings (SSSR count). The number of hydrogen-bond acceptors (Lipinski definition) is 3. The molecule has 1 unspecified atom stereocenters. The molecule has 0 aromatic heterocycles. The van der Waals surface area contributed by atoms with Crippen LogP contribution in [0.2, 0.25) is 0 Å². The number of amides is 1. The zero-order chi connectivity index (χ0) is 8.15. The van der Waals surface area contributed by atoms with E-state index < -0.39 is 18.6 Å². The van der Waals surface area contributed by atoms with Crippen molar-refractivity contribution >= 4 is 5.91 Å². The average molecular weight is 147 g/mol. The first-order valence-electron chi connectivity index (χ1n) is 3.17. The lowest BCUT2D eigenvalue weighted by Crippen LogP contribution is -2.40. The Bertz CT molecular complexity index is 114. The molecule has 0 saturated carbocycles. The van der Waals surface area contributed by atoms with Gasteiger partial charge in [0.05, 0.1) is 6.61 Å². The van der Waals surface area contributed by atoms with Crippen molar-refractivity contribution in [2.75, 3.05) is 6.61 Å². The lowest BCUT2D eigenvalue weighted by molar-refractivity contribution is -0.131. The highest BCUT2D eigenvalue weighted by Crippen LogP contribution is 1.83. The highest BCUT2D eigenvalue weighted by Gasteiger charge is 2.13. The summed E-state index contributed by atoms with van der Waals surface area (Å²) in [7, 11) is 0. The standard InChI is InChI=1S/C6H13NO3/c1-4(2)7-6(10)5(9)3-8/h4-5,8-9H,3H2,1-2H3,(H,7,10). The van der Waals surface area contributed by atoms with E-state index in [0.717, 1.165) is 0 Å². The summed E-state index contributed by atoms with van der Waals surface area (Å²) in [6, 6.07) is -0.00583. The molecule has 0 aliphatic carbocycles. The maximum absolute atomic E-state index is 10.7. The van der Waals surface area contributed by atoms with Crippen molar-refractivity contribution < 1.29 is 15.0 Å². The van der Waals surface area contributed by atoms with Gasteiger partial charge in [-0.2, -0.15) is 0 Å². The van der Waals surface area contributed by atoms with Gasteiger partial charge in [0.1, 0.15) is 0 Å². The summed E-state index contributed by atoms with van der Waals surface area (Å²) in [5.41, 5.74) is 0. The van der Waals surface area contributed by atoms with Crippen LogP contribution in [0.1, 0.15) is 13.8 Å². The van der Waals surface area contributed by atoms with E-state index >= 15 is 0 Å². The number of carbonyl (C=O) groups excluding carboxylic acids is 1. The number of nitrogens with one attached hydrogen (secondary N) is 1. The molecule has 60 valence electrons. The molecule has 10 heavy (non-hydrogen) atoms. The Kier molecular flexibility index (Phi) is 3.99. The van der Waals surface area contributed by atoms with E-state index in [1.165, 1.54) is 0 Å². The van der Waals surface area contributed by atoms with Crippen LogP contribution in [-0.4, -0.2) is 34.9 Å². The lowest BCUT2D eigenvalue weighted by Gasteiger charge is -2.10. The van der Waals surface area contributed by atoms with Crippen LogP contribution < -0.4 is 5.32 Å². The van der Waals surface area contributed by atoms with Gasteiger partial charge in [-0.25, -0.2) is 0 Å². The largest absolute Gasteiger partial charge is 0.393 e. The molecule has 0 aromatic rings. The smallest absolute Gasteiger partial charge is 0.251 e. The molecule has 1 amide bonds. The van der Waals surface area contributed by atoms with Gasteiger partial charge >= 0.3 is 0 Å². The van der Waals surface area contributed by atoms with Crippen molar-refractivity contribution in [2.45, 2.75) is 26.0 Å². The Balaban J connectivity index is 3.62. The molecule has 0 radical (unpaired) electrons. The van der Waals surface area contributed by atoms with Gasteiger partial charge in [0.2, 0.25) is 0 Å². The van der Waals surface area contributed by atoms with E-state index in [4.69, 9.17) is 10.2 Å². The predicted octanol–water partition coefficient (Wildman–Crippen LogP) is -1.14. The van der Waals surface area contributed by atoms with E-state index in [2.05, 4.69) is 5.32 Å². The normalized spacial score (nSPS) is 13.3. The number of carbonyl (C=O) groups is 1. The second-order valence-electron chi connectivity index (χ2n) is 2.36. The van der Waals surface area contributed by atoms with Crippen LogP contribution in [0.4, 0.5) is 0 Å². The van der Waals surface area contributed by atoms with E-state index in [-0.39, 0.29) is 6.04 Å². The van der Waals surface area contributed by atoms with Gasteiger partial charge in [0.15, 0.2) is 6.10 Å². The Morgan fingerprint density at radius 1 is 1.60 bits per heavy atom. The monoisotopic (exact) mass is 147 g/mol. The summed E-state index contributed by atoms with van der Waals surface area (Å²) in [5.74, 6) is -0.530. The molecular formula is C6H13NO3. The third-order valence-corrected chi connectivity index (χ3v) is 0.907. The molecule has 0 aliphatic rings. The zero-order valence-electron chi connectivity index (χ0n) is 6.16. The summed E-state index contributed by atoms with van der Waals surface area (Å²) in [5, 5.41) is 19.5. The molecule has 4 heteroatoms. The minimum absolute atomic E-state index is 0.00583. The number of hydrogen-bond donors (Lipinski definition) is 3. The second-order valence-corrected chi connectivity index (χ2v) is 2.36.